The Hall–Kier alpha value is -2.47. The van der Waals surface area contributed by atoms with Crippen molar-refractivity contribution in [2.75, 3.05) is 7.11 Å². The summed E-state index contributed by atoms with van der Waals surface area (Å²) in [6.07, 6.45) is 1.66. The second-order valence-corrected chi connectivity index (χ2v) is 4.42. The number of aromatic carboxylic acids is 1. The lowest BCUT2D eigenvalue weighted by molar-refractivity contribution is 0.0696. The van der Waals surface area contributed by atoms with Gasteiger partial charge < -0.3 is 15.2 Å². The van der Waals surface area contributed by atoms with Gasteiger partial charge >= 0.3 is 5.97 Å². The zero-order chi connectivity index (χ0) is 15.2. The Morgan fingerprint density at radius 2 is 2.14 bits per heavy atom. The number of ether oxygens (including phenoxy) is 1. The van der Waals surface area contributed by atoms with Crippen LogP contribution in [0.1, 0.15) is 21.5 Å². The van der Waals surface area contributed by atoms with Crippen LogP contribution in [0.3, 0.4) is 0 Å². The molecule has 0 radical (unpaired) electrons. The second kappa shape index (κ2) is 6.81. The number of carboxylic acid groups (broad SMARTS) is 1. The van der Waals surface area contributed by atoms with E-state index in [9.17, 15) is 9.18 Å². The fraction of sp³-hybridized carbons (Fsp3) is 0.200. The number of methoxy groups -OCH3 is 1. The molecule has 0 aliphatic rings. The van der Waals surface area contributed by atoms with Crippen molar-refractivity contribution in [1.29, 1.82) is 0 Å². The summed E-state index contributed by atoms with van der Waals surface area (Å²) in [6, 6.07) is 7.33. The van der Waals surface area contributed by atoms with Crippen LogP contribution in [0.5, 0.6) is 5.88 Å². The number of pyridine rings is 1. The number of hydrogen-bond donors (Lipinski definition) is 2. The fourth-order valence-corrected chi connectivity index (χ4v) is 1.82. The van der Waals surface area contributed by atoms with E-state index < -0.39 is 11.8 Å². The van der Waals surface area contributed by atoms with Gasteiger partial charge in [-0.3, -0.25) is 0 Å². The Balaban J connectivity index is 1.96. The molecule has 0 bridgehead atoms. The van der Waals surface area contributed by atoms with Crippen LogP contribution < -0.4 is 10.1 Å². The highest BCUT2D eigenvalue weighted by atomic mass is 19.1. The normalized spacial score (nSPS) is 10.4. The van der Waals surface area contributed by atoms with Gasteiger partial charge in [0.25, 0.3) is 0 Å². The highest BCUT2D eigenvalue weighted by Gasteiger charge is 2.08. The zero-order valence-electron chi connectivity index (χ0n) is 11.5. The summed E-state index contributed by atoms with van der Waals surface area (Å²) in [5, 5.41) is 11.9. The first-order valence-corrected chi connectivity index (χ1v) is 6.31. The average molecular weight is 290 g/mol. The summed E-state index contributed by atoms with van der Waals surface area (Å²) in [5.41, 5.74) is 1.31. The summed E-state index contributed by atoms with van der Waals surface area (Å²) >= 11 is 0. The van der Waals surface area contributed by atoms with Gasteiger partial charge in [0.1, 0.15) is 5.82 Å². The number of aromatic nitrogens is 1. The maximum absolute atomic E-state index is 13.6. The van der Waals surface area contributed by atoms with E-state index in [1.807, 2.05) is 6.07 Å². The maximum Gasteiger partial charge on any atom is 0.335 e. The highest BCUT2D eigenvalue weighted by Crippen LogP contribution is 2.11. The number of benzene rings is 1. The molecule has 0 atom stereocenters. The zero-order valence-corrected chi connectivity index (χ0v) is 11.5. The van der Waals surface area contributed by atoms with Crippen LogP contribution in [0, 0.1) is 5.82 Å². The maximum atomic E-state index is 13.6. The van der Waals surface area contributed by atoms with Gasteiger partial charge in [-0.25, -0.2) is 14.2 Å². The second-order valence-electron chi connectivity index (χ2n) is 4.42. The van der Waals surface area contributed by atoms with Gasteiger partial charge in [0.05, 0.1) is 12.7 Å². The van der Waals surface area contributed by atoms with Crippen LogP contribution in [0.15, 0.2) is 36.5 Å². The van der Waals surface area contributed by atoms with Crippen molar-refractivity contribution in [3.63, 3.8) is 0 Å². The summed E-state index contributed by atoms with van der Waals surface area (Å²) in [7, 11) is 1.54. The summed E-state index contributed by atoms with van der Waals surface area (Å²) in [6.45, 7) is 0.729. The summed E-state index contributed by atoms with van der Waals surface area (Å²) in [4.78, 5) is 14.9. The topological polar surface area (TPSA) is 71.5 Å². The monoisotopic (exact) mass is 290 g/mol. The number of nitrogens with zero attached hydrogens (tertiary/aromatic N) is 1. The predicted octanol–water partition coefficient (Wildman–Crippen LogP) is 2.22. The molecule has 0 spiro atoms. The molecule has 1 heterocycles. The van der Waals surface area contributed by atoms with E-state index >= 15 is 0 Å². The predicted molar refractivity (Wildman–Crippen MR) is 74.7 cm³/mol. The molecule has 0 aliphatic heterocycles. The molecule has 0 unspecified atom stereocenters. The van der Waals surface area contributed by atoms with E-state index in [0.29, 0.717) is 18.0 Å². The molecule has 5 nitrogen and oxygen atoms in total. The Kier molecular flexibility index (Phi) is 4.84. The van der Waals surface area contributed by atoms with Gasteiger partial charge in [-0.2, -0.15) is 0 Å². The Morgan fingerprint density at radius 1 is 1.33 bits per heavy atom. The van der Waals surface area contributed by atoms with Gasteiger partial charge in [0.2, 0.25) is 5.88 Å². The summed E-state index contributed by atoms with van der Waals surface area (Å²) in [5.74, 6) is -0.977. The van der Waals surface area contributed by atoms with Crippen molar-refractivity contribution in [1.82, 2.24) is 10.3 Å². The number of halogens is 1. The summed E-state index contributed by atoms with van der Waals surface area (Å²) < 4.78 is 18.6. The number of rotatable bonds is 6. The third-order valence-electron chi connectivity index (χ3n) is 2.94. The van der Waals surface area contributed by atoms with Gasteiger partial charge in [-0.1, -0.05) is 6.07 Å². The molecular formula is C15H15FN2O3. The van der Waals surface area contributed by atoms with E-state index in [-0.39, 0.29) is 12.1 Å². The van der Waals surface area contributed by atoms with E-state index in [1.54, 1.807) is 19.4 Å². The molecule has 0 aliphatic carbocycles. The molecule has 21 heavy (non-hydrogen) atoms. The number of hydrogen-bond acceptors (Lipinski definition) is 4. The van der Waals surface area contributed by atoms with Crippen LogP contribution >= 0.6 is 0 Å². The SMILES string of the molecule is COc1ccc(CNCc2cc(C(=O)O)ccc2F)cn1. The van der Waals surface area contributed by atoms with Crippen LogP contribution in [0.2, 0.25) is 0 Å². The average Bonchev–Trinajstić information content (AvgIpc) is 2.49. The first-order chi connectivity index (χ1) is 10.1. The van der Waals surface area contributed by atoms with Gasteiger partial charge in [0, 0.05) is 30.9 Å². The van der Waals surface area contributed by atoms with E-state index in [4.69, 9.17) is 9.84 Å². The first-order valence-electron chi connectivity index (χ1n) is 6.31. The molecule has 2 rings (SSSR count). The molecular weight excluding hydrogens is 275 g/mol. The van der Waals surface area contributed by atoms with E-state index in [0.717, 1.165) is 11.6 Å². The largest absolute Gasteiger partial charge is 0.481 e. The Labute approximate surface area is 121 Å². The third kappa shape index (κ3) is 4.00. The van der Waals surface area contributed by atoms with Gasteiger partial charge in [0.15, 0.2) is 0 Å². The number of nitrogens with one attached hydrogen (secondary N) is 1. The Bertz CT molecular complexity index is 629. The van der Waals surface area contributed by atoms with Gasteiger partial charge in [-0.15, -0.1) is 0 Å². The van der Waals surface area contributed by atoms with E-state index in [2.05, 4.69) is 10.3 Å². The third-order valence-corrected chi connectivity index (χ3v) is 2.94. The van der Waals surface area contributed by atoms with Crippen LogP contribution in [-0.4, -0.2) is 23.2 Å². The lowest BCUT2D eigenvalue weighted by Gasteiger charge is -2.07. The lowest BCUT2D eigenvalue weighted by atomic mass is 10.1. The van der Waals surface area contributed by atoms with Crippen molar-refractivity contribution >= 4 is 5.97 Å². The molecule has 110 valence electrons. The van der Waals surface area contributed by atoms with Gasteiger partial charge in [-0.05, 0) is 23.8 Å². The van der Waals surface area contributed by atoms with Crippen molar-refractivity contribution in [2.24, 2.45) is 0 Å². The quantitative estimate of drug-likeness (QED) is 0.853. The standard InChI is InChI=1S/C15H15FN2O3/c1-21-14-5-2-10(8-18-14)7-17-9-12-6-11(15(19)20)3-4-13(12)16/h2-6,8,17H,7,9H2,1H3,(H,19,20). The van der Waals surface area contributed by atoms with Crippen LogP contribution in [0.25, 0.3) is 0 Å². The molecule has 0 amide bonds. The number of carbonyl (C=O) groups is 1. The van der Waals surface area contributed by atoms with E-state index in [1.165, 1.54) is 12.1 Å². The van der Waals surface area contributed by atoms with Crippen LogP contribution in [-0.2, 0) is 13.1 Å². The molecule has 1 aromatic carbocycles. The van der Waals surface area contributed by atoms with Crippen molar-refractivity contribution in [3.05, 3.63) is 59.0 Å². The lowest BCUT2D eigenvalue weighted by Crippen LogP contribution is -2.14. The van der Waals surface area contributed by atoms with Crippen molar-refractivity contribution in [2.45, 2.75) is 13.1 Å². The highest BCUT2D eigenvalue weighted by molar-refractivity contribution is 5.87. The fourth-order valence-electron chi connectivity index (χ4n) is 1.82. The first kappa shape index (κ1) is 14.9. The van der Waals surface area contributed by atoms with Crippen molar-refractivity contribution < 1.29 is 19.0 Å². The molecule has 6 heteroatoms. The smallest absolute Gasteiger partial charge is 0.335 e. The molecule has 0 saturated heterocycles. The minimum atomic E-state index is -1.07. The Morgan fingerprint density at radius 3 is 2.76 bits per heavy atom. The molecule has 2 aromatic rings. The van der Waals surface area contributed by atoms with Crippen molar-refractivity contribution in [3.8, 4) is 5.88 Å². The minimum absolute atomic E-state index is 0.0688. The molecule has 0 fully saturated rings. The van der Waals surface area contributed by atoms with Crippen LogP contribution in [0.4, 0.5) is 4.39 Å². The molecule has 1 aromatic heterocycles. The minimum Gasteiger partial charge on any atom is -0.481 e. The molecule has 0 saturated carbocycles. The molecule has 2 N–H and O–H groups in total. The number of carboxylic acids is 1.